The normalized spacial score (nSPS) is 36.3. The number of rotatable bonds is 4. The van der Waals surface area contributed by atoms with Crippen LogP contribution in [0, 0.1) is 0 Å². The van der Waals surface area contributed by atoms with Crippen LogP contribution in [0.2, 0.25) is 0 Å². The van der Waals surface area contributed by atoms with Gasteiger partial charge in [0.15, 0.2) is 0 Å². The first-order chi connectivity index (χ1) is 12.8. The number of quaternary nitrogens is 1. The Morgan fingerprint density at radius 3 is 2.19 bits per heavy atom. The summed E-state index contributed by atoms with van der Waals surface area (Å²) >= 11 is 2.62. The molecule has 146 valence electrons. The maximum atomic E-state index is 13.2. The minimum Gasteiger partial charge on any atom is -1.00 e. The van der Waals surface area contributed by atoms with Gasteiger partial charge in [0.25, 0.3) is 0 Å². The van der Waals surface area contributed by atoms with Crippen LogP contribution in [-0.4, -0.2) is 60.0 Å². The van der Waals surface area contributed by atoms with Gasteiger partial charge in [0.2, 0.25) is 5.60 Å². The van der Waals surface area contributed by atoms with Crippen molar-refractivity contribution < 1.29 is 42.2 Å². The van der Waals surface area contributed by atoms with E-state index in [2.05, 4.69) is 14.1 Å². The topological polar surface area (TPSA) is 59.1 Å². The fourth-order valence-electron chi connectivity index (χ4n) is 4.59. The fraction of sp³-hybridized carbons (Fsp3) is 0.526. The zero-order valence-corrected chi connectivity index (χ0v) is 18.2. The molecule has 27 heavy (non-hydrogen) atoms. The third-order valence-electron chi connectivity index (χ3n) is 6.19. The lowest BCUT2D eigenvalue weighted by Gasteiger charge is -2.45. The van der Waals surface area contributed by atoms with E-state index in [1.807, 2.05) is 10.8 Å². The Bertz CT molecular complexity index is 818. The standard InChI is InChI=1S/C19H22NO4S2.BrH/c1-20(2)12-9-11(10-13(20)17-16(12)24-17)23-18(21)19(22,14-5-3-7-25-14)15-6-4-8-26-15;/h3-8,11-13,16-17,22H,9-10H2,1-2H3;1H/q+1;/p-1/i11D;. The maximum Gasteiger partial charge on any atom is 0.349 e. The molecule has 0 spiro atoms. The molecule has 0 aliphatic carbocycles. The van der Waals surface area contributed by atoms with Gasteiger partial charge in [-0.05, 0) is 22.9 Å². The predicted molar refractivity (Wildman–Crippen MR) is 99.1 cm³/mol. The van der Waals surface area contributed by atoms with Gasteiger partial charge in [0.1, 0.15) is 30.4 Å². The number of carbonyl (C=O) groups excluding carboxylic acids is 1. The number of thiophene rings is 2. The molecular formula is C19H22BrNO4S2. The number of aliphatic hydroxyl groups is 1. The first kappa shape index (κ1) is 18.3. The number of nitrogens with zero attached hydrogens (tertiary/aromatic N) is 1. The number of esters is 1. The SMILES string of the molecule is [2H]C1(OC(=O)C(O)(c2cccs2)c2cccs2)CC2C3OC3C(C1)[N+]2(C)C.[Br-]. The third-order valence-corrected chi connectivity index (χ3v) is 8.15. The van der Waals surface area contributed by atoms with Gasteiger partial charge in [-0.1, -0.05) is 12.1 Å². The van der Waals surface area contributed by atoms with E-state index < -0.39 is 17.7 Å². The summed E-state index contributed by atoms with van der Waals surface area (Å²) in [6.45, 7) is 0. The number of carbonyl (C=O) groups is 1. The second kappa shape index (κ2) is 6.64. The van der Waals surface area contributed by atoms with E-state index in [1.165, 1.54) is 22.7 Å². The molecule has 8 heteroatoms. The molecule has 5 rings (SSSR count). The largest absolute Gasteiger partial charge is 1.00 e. The van der Waals surface area contributed by atoms with Crippen LogP contribution in [0.1, 0.15) is 24.0 Å². The molecule has 3 fully saturated rings. The number of piperidine rings is 1. The molecule has 3 saturated heterocycles. The van der Waals surface area contributed by atoms with E-state index in [9.17, 15) is 9.90 Å². The molecule has 0 saturated carbocycles. The molecule has 4 unspecified atom stereocenters. The number of fused-ring (bicyclic) bond motifs is 5. The second-order valence-electron chi connectivity index (χ2n) is 7.83. The number of epoxide rings is 1. The molecule has 0 radical (unpaired) electrons. The average molecular weight is 473 g/mol. The minimum atomic E-state index is -1.86. The molecule has 2 aromatic rings. The van der Waals surface area contributed by atoms with Crippen LogP contribution in [0.5, 0.6) is 0 Å². The maximum absolute atomic E-state index is 13.2. The number of ether oxygens (including phenoxy) is 2. The highest BCUT2D eigenvalue weighted by Crippen LogP contribution is 2.52. The summed E-state index contributed by atoms with van der Waals surface area (Å²) in [5.74, 6) is -0.761. The van der Waals surface area contributed by atoms with Gasteiger partial charge in [0.05, 0.1) is 25.2 Å². The zero-order chi connectivity index (χ0) is 19.0. The highest BCUT2D eigenvalue weighted by molar-refractivity contribution is 7.12. The molecule has 0 aromatic carbocycles. The monoisotopic (exact) mass is 472 g/mol. The number of likely N-dealkylation sites (N-methyl/N-ethyl adjacent to an activating group) is 1. The Labute approximate surface area is 178 Å². The lowest BCUT2D eigenvalue weighted by Crippen LogP contribution is -3.00. The van der Waals surface area contributed by atoms with Crippen LogP contribution in [0.25, 0.3) is 0 Å². The van der Waals surface area contributed by atoms with Crippen molar-refractivity contribution in [2.45, 2.75) is 48.8 Å². The first-order valence-corrected chi connectivity index (χ1v) is 10.5. The number of halogens is 1. The number of hydrogen-bond acceptors (Lipinski definition) is 6. The molecule has 2 bridgehead atoms. The van der Waals surface area contributed by atoms with Crippen LogP contribution >= 0.6 is 22.7 Å². The Hall–Kier alpha value is -0.770. The summed E-state index contributed by atoms with van der Waals surface area (Å²) < 4.78 is 21.2. The van der Waals surface area contributed by atoms with Crippen molar-refractivity contribution in [1.82, 2.24) is 0 Å². The average Bonchev–Trinajstić information content (AvgIpc) is 3.00. The van der Waals surface area contributed by atoms with E-state index in [-0.39, 0.29) is 41.3 Å². The first-order valence-electron chi connectivity index (χ1n) is 9.28. The van der Waals surface area contributed by atoms with Gasteiger partial charge >= 0.3 is 5.97 Å². The van der Waals surface area contributed by atoms with Crippen LogP contribution < -0.4 is 17.0 Å². The van der Waals surface area contributed by atoms with Gasteiger partial charge in [-0.25, -0.2) is 4.79 Å². The highest BCUT2D eigenvalue weighted by Gasteiger charge is 2.71. The van der Waals surface area contributed by atoms with Crippen LogP contribution in [0.3, 0.4) is 0 Å². The van der Waals surface area contributed by atoms with Crippen LogP contribution in [0.15, 0.2) is 35.0 Å². The van der Waals surface area contributed by atoms with E-state index >= 15 is 0 Å². The molecular weight excluding hydrogens is 450 g/mol. The molecule has 0 amide bonds. The van der Waals surface area contributed by atoms with Gasteiger partial charge < -0.3 is 36.0 Å². The van der Waals surface area contributed by atoms with Crippen LogP contribution in [0.4, 0.5) is 0 Å². The molecule has 1 N–H and O–H groups in total. The predicted octanol–water partition coefficient (Wildman–Crippen LogP) is -0.650. The second-order valence-corrected chi connectivity index (χ2v) is 9.73. The van der Waals surface area contributed by atoms with Gasteiger partial charge in [-0.3, -0.25) is 0 Å². The van der Waals surface area contributed by atoms with Crippen molar-refractivity contribution in [3.63, 3.8) is 0 Å². The van der Waals surface area contributed by atoms with Crippen molar-refractivity contribution in [1.29, 1.82) is 0 Å². The summed E-state index contributed by atoms with van der Waals surface area (Å²) in [6, 6.07) is 7.36. The molecule has 3 aliphatic heterocycles. The third kappa shape index (κ3) is 2.84. The highest BCUT2D eigenvalue weighted by atomic mass is 79.9. The summed E-state index contributed by atoms with van der Waals surface area (Å²) in [5, 5.41) is 15.0. The quantitative estimate of drug-likeness (QED) is 0.365. The molecule has 5 nitrogen and oxygen atoms in total. The van der Waals surface area contributed by atoms with E-state index in [1.54, 1.807) is 24.3 Å². The van der Waals surface area contributed by atoms with E-state index in [0.717, 1.165) is 4.48 Å². The molecule has 5 heterocycles. The van der Waals surface area contributed by atoms with E-state index in [0.29, 0.717) is 22.6 Å². The number of hydrogen-bond donors (Lipinski definition) is 1. The lowest BCUT2D eigenvalue weighted by molar-refractivity contribution is -0.938. The summed E-state index contributed by atoms with van der Waals surface area (Å²) in [4.78, 5) is 14.2. The lowest BCUT2D eigenvalue weighted by atomic mass is 9.95. The van der Waals surface area contributed by atoms with Crippen molar-refractivity contribution in [3.8, 4) is 0 Å². The van der Waals surface area contributed by atoms with Gasteiger partial charge in [0, 0.05) is 12.8 Å². The van der Waals surface area contributed by atoms with Crippen molar-refractivity contribution in [2.75, 3.05) is 14.1 Å². The summed E-state index contributed by atoms with van der Waals surface area (Å²) in [6.07, 6.45) is -0.142. The van der Waals surface area contributed by atoms with Gasteiger partial charge in [-0.15, -0.1) is 22.7 Å². The van der Waals surface area contributed by atoms with Crippen molar-refractivity contribution >= 4 is 28.6 Å². The summed E-state index contributed by atoms with van der Waals surface area (Å²) in [5.41, 5.74) is -1.86. The zero-order valence-electron chi connectivity index (χ0n) is 16.0. The Morgan fingerprint density at radius 2 is 1.74 bits per heavy atom. The minimum absolute atomic E-state index is 0. The molecule has 4 atom stereocenters. The number of morpholine rings is 1. The fourth-order valence-corrected chi connectivity index (χ4v) is 6.31. The van der Waals surface area contributed by atoms with E-state index in [4.69, 9.17) is 10.8 Å². The smallest absolute Gasteiger partial charge is 0.349 e. The van der Waals surface area contributed by atoms with Crippen LogP contribution in [-0.2, 0) is 19.9 Å². The van der Waals surface area contributed by atoms with Crippen molar-refractivity contribution in [3.05, 3.63) is 44.8 Å². The Balaban J connectivity index is 0.00000192. The summed E-state index contributed by atoms with van der Waals surface area (Å²) in [7, 11) is 4.33. The van der Waals surface area contributed by atoms with Crippen molar-refractivity contribution in [2.24, 2.45) is 0 Å². The Morgan fingerprint density at radius 1 is 1.22 bits per heavy atom. The van der Waals surface area contributed by atoms with Gasteiger partial charge in [-0.2, -0.15) is 0 Å². The molecule has 3 aliphatic rings. The molecule has 2 aromatic heterocycles. The Kier molecular flexibility index (Phi) is 4.49.